The van der Waals surface area contributed by atoms with Crippen molar-refractivity contribution < 1.29 is 5.11 Å². The third-order valence-corrected chi connectivity index (χ3v) is 7.74. The van der Waals surface area contributed by atoms with E-state index in [1.54, 1.807) is 11.3 Å². The fourth-order valence-electron chi connectivity index (χ4n) is 5.24. The van der Waals surface area contributed by atoms with E-state index in [2.05, 4.69) is 71.6 Å². The Morgan fingerprint density at radius 2 is 1.90 bits per heavy atom. The van der Waals surface area contributed by atoms with Crippen LogP contribution in [0, 0.1) is 12.8 Å². The lowest BCUT2D eigenvalue weighted by molar-refractivity contribution is -0.0151. The highest BCUT2D eigenvalue weighted by Crippen LogP contribution is 2.49. The van der Waals surface area contributed by atoms with Gasteiger partial charge in [-0.3, -0.25) is 9.88 Å². The van der Waals surface area contributed by atoms with Gasteiger partial charge in [-0.15, -0.1) is 11.3 Å². The van der Waals surface area contributed by atoms with Crippen molar-refractivity contribution in [2.45, 2.75) is 38.8 Å². The van der Waals surface area contributed by atoms with Crippen molar-refractivity contribution in [2.75, 3.05) is 13.1 Å². The molecular formula is C26H28N2OS. The summed E-state index contributed by atoms with van der Waals surface area (Å²) in [4.78, 5) is 8.06. The molecule has 1 saturated heterocycles. The van der Waals surface area contributed by atoms with E-state index in [9.17, 15) is 5.11 Å². The molecule has 1 unspecified atom stereocenters. The molecule has 2 aliphatic rings. The molecule has 0 spiro atoms. The lowest BCUT2D eigenvalue weighted by Gasteiger charge is -2.42. The maximum Gasteiger partial charge on any atom is 0.119 e. The van der Waals surface area contributed by atoms with E-state index in [-0.39, 0.29) is 5.92 Å². The summed E-state index contributed by atoms with van der Waals surface area (Å²) in [5.41, 5.74) is 6.08. The molecule has 1 aliphatic carbocycles. The molecule has 1 aromatic carbocycles. The predicted octanol–water partition coefficient (Wildman–Crippen LogP) is 5.47. The van der Waals surface area contributed by atoms with Crippen LogP contribution in [0.2, 0.25) is 0 Å². The minimum absolute atomic E-state index is 0.207. The van der Waals surface area contributed by atoms with Gasteiger partial charge in [-0.1, -0.05) is 36.4 Å². The van der Waals surface area contributed by atoms with E-state index < -0.39 is 5.60 Å². The summed E-state index contributed by atoms with van der Waals surface area (Å²) in [6.45, 7) is 7.18. The molecule has 0 bridgehead atoms. The number of likely N-dealkylation sites (tertiary alicyclic amines) is 1. The van der Waals surface area contributed by atoms with E-state index in [1.165, 1.54) is 21.6 Å². The summed E-state index contributed by atoms with van der Waals surface area (Å²) >= 11 is 1.74. The van der Waals surface area contributed by atoms with E-state index in [4.69, 9.17) is 0 Å². The van der Waals surface area contributed by atoms with Crippen LogP contribution in [0.4, 0.5) is 0 Å². The number of pyridine rings is 1. The Bertz CT molecular complexity index is 1090. The predicted molar refractivity (Wildman–Crippen MR) is 124 cm³/mol. The summed E-state index contributed by atoms with van der Waals surface area (Å²) in [7, 11) is 0. The molecule has 0 amide bonds. The van der Waals surface area contributed by atoms with Crippen molar-refractivity contribution >= 4 is 23.0 Å². The van der Waals surface area contributed by atoms with Crippen LogP contribution in [0.3, 0.4) is 0 Å². The molecule has 1 fully saturated rings. The van der Waals surface area contributed by atoms with E-state index in [0.717, 1.165) is 49.2 Å². The monoisotopic (exact) mass is 416 g/mol. The molecule has 4 heteroatoms. The Morgan fingerprint density at radius 3 is 2.70 bits per heavy atom. The average Bonchev–Trinajstić information content (AvgIpc) is 3.22. The topological polar surface area (TPSA) is 36.4 Å². The summed E-state index contributed by atoms with van der Waals surface area (Å²) in [6, 6.07) is 12.8. The van der Waals surface area contributed by atoms with E-state index >= 15 is 0 Å². The van der Waals surface area contributed by atoms with Crippen molar-refractivity contribution in [3.63, 3.8) is 0 Å². The summed E-state index contributed by atoms with van der Waals surface area (Å²) in [5.74, 6) is 0.207. The van der Waals surface area contributed by atoms with Gasteiger partial charge in [0.05, 0.1) is 0 Å². The second-order valence-corrected chi connectivity index (χ2v) is 9.68. The fraction of sp³-hybridized carbons (Fsp3) is 0.346. The van der Waals surface area contributed by atoms with Crippen molar-refractivity contribution in [3.05, 3.63) is 86.9 Å². The van der Waals surface area contributed by atoms with Crippen LogP contribution in [-0.4, -0.2) is 28.1 Å². The first-order valence-corrected chi connectivity index (χ1v) is 11.6. The van der Waals surface area contributed by atoms with Crippen LogP contribution < -0.4 is 0 Å². The number of hydrogen-bond donors (Lipinski definition) is 1. The van der Waals surface area contributed by atoms with E-state index in [0.29, 0.717) is 0 Å². The molecule has 154 valence electrons. The number of hydrogen-bond acceptors (Lipinski definition) is 4. The lowest BCUT2D eigenvalue weighted by atomic mass is 9.71. The fourth-order valence-corrected chi connectivity index (χ4v) is 6.18. The molecule has 1 atom stereocenters. The van der Waals surface area contributed by atoms with Crippen molar-refractivity contribution in [1.82, 2.24) is 9.88 Å². The van der Waals surface area contributed by atoms with Gasteiger partial charge in [-0.05, 0) is 85.0 Å². The Morgan fingerprint density at radius 1 is 1.10 bits per heavy atom. The highest BCUT2D eigenvalue weighted by atomic mass is 32.1. The molecule has 3 aromatic rings. The van der Waals surface area contributed by atoms with Crippen molar-refractivity contribution in [2.24, 2.45) is 5.92 Å². The molecule has 2 aromatic heterocycles. The molecule has 1 N–H and O–H groups in total. The first-order valence-electron chi connectivity index (χ1n) is 10.8. The van der Waals surface area contributed by atoms with Gasteiger partial charge in [0, 0.05) is 29.4 Å². The second kappa shape index (κ2) is 7.77. The van der Waals surface area contributed by atoms with Gasteiger partial charge in [0.1, 0.15) is 5.60 Å². The summed E-state index contributed by atoms with van der Waals surface area (Å²) < 4.78 is 0. The molecule has 30 heavy (non-hydrogen) atoms. The Labute approximate surface area is 182 Å². The van der Waals surface area contributed by atoms with Crippen LogP contribution in [0.5, 0.6) is 0 Å². The van der Waals surface area contributed by atoms with Gasteiger partial charge >= 0.3 is 0 Å². The number of aromatic nitrogens is 1. The normalized spacial score (nSPS) is 22.2. The summed E-state index contributed by atoms with van der Waals surface area (Å²) in [6.07, 6.45) is 8.09. The third-order valence-electron chi connectivity index (χ3n) is 6.69. The number of piperidine rings is 1. The third kappa shape index (κ3) is 3.33. The number of aliphatic hydroxyl groups is 1. The molecule has 0 radical (unpaired) electrons. The van der Waals surface area contributed by atoms with Gasteiger partial charge in [-0.2, -0.15) is 0 Å². The maximum atomic E-state index is 12.3. The van der Waals surface area contributed by atoms with Gasteiger partial charge in [0.15, 0.2) is 0 Å². The quantitative estimate of drug-likeness (QED) is 0.615. The Hall–Kier alpha value is -2.27. The Balaban J connectivity index is 1.44. The smallest absolute Gasteiger partial charge is 0.119 e. The SMILES string of the molecule is CC1=Cc2ccccc2C(O)(C2CCN(Cc3cncc(C)c3)CC2)c2ccsc21. The number of fused-ring (bicyclic) bond motifs is 2. The van der Waals surface area contributed by atoms with Crippen molar-refractivity contribution in [1.29, 1.82) is 0 Å². The summed E-state index contributed by atoms with van der Waals surface area (Å²) in [5, 5.41) is 14.5. The van der Waals surface area contributed by atoms with Gasteiger partial charge < -0.3 is 5.11 Å². The first kappa shape index (κ1) is 19.7. The average molecular weight is 417 g/mol. The lowest BCUT2D eigenvalue weighted by Crippen LogP contribution is -2.44. The number of nitrogens with zero attached hydrogens (tertiary/aromatic N) is 2. The van der Waals surface area contributed by atoms with Crippen LogP contribution in [0.25, 0.3) is 11.6 Å². The number of allylic oxidation sites excluding steroid dienone is 1. The standard InChI is InChI=1S/C26H28N2OS/c1-18-13-20(16-27-15-18)17-28-10-7-22(8-11-28)26(29)23-6-4-3-5-21(23)14-19(2)25-24(26)9-12-30-25/h3-6,9,12-16,22,29H,7-8,10-11,17H2,1-2H3. The van der Waals surface area contributed by atoms with Crippen LogP contribution in [-0.2, 0) is 12.1 Å². The van der Waals surface area contributed by atoms with Gasteiger partial charge in [0.25, 0.3) is 0 Å². The second-order valence-electron chi connectivity index (χ2n) is 8.77. The zero-order chi connectivity index (χ0) is 20.7. The molecular weight excluding hydrogens is 388 g/mol. The molecule has 3 heterocycles. The number of rotatable bonds is 3. The highest BCUT2D eigenvalue weighted by Gasteiger charge is 2.45. The van der Waals surface area contributed by atoms with E-state index in [1.807, 2.05) is 12.4 Å². The largest absolute Gasteiger partial charge is 0.380 e. The molecule has 0 saturated carbocycles. The minimum atomic E-state index is -0.933. The first-order chi connectivity index (χ1) is 14.6. The number of aryl methyl sites for hydroxylation is 1. The van der Waals surface area contributed by atoms with Crippen LogP contribution >= 0.6 is 11.3 Å². The molecule has 3 nitrogen and oxygen atoms in total. The Kier molecular flexibility index (Phi) is 5.10. The number of benzene rings is 1. The van der Waals surface area contributed by atoms with Gasteiger partial charge in [-0.25, -0.2) is 0 Å². The van der Waals surface area contributed by atoms with Crippen LogP contribution in [0.15, 0.2) is 54.2 Å². The molecule has 1 aliphatic heterocycles. The zero-order valence-corrected chi connectivity index (χ0v) is 18.5. The minimum Gasteiger partial charge on any atom is -0.380 e. The van der Waals surface area contributed by atoms with Gasteiger partial charge in [0.2, 0.25) is 0 Å². The molecule has 5 rings (SSSR count). The maximum absolute atomic E-state index is 12.3. The van der Waals surface area contributed by atoms with Crippen LogP contribution in [0.1, 0.15) is 52.5 Å². The van der Waals surface area contributed by atoms with Crippen molar-refractivity contribution in [3.8, 4) is 0 Å². The highest BCUT2D eigenvalue weighted by molar-refractivity contribution is 7.11. The number of thiophene rings is 1. The zero-order valence-electron chi connectivity index (χ0n) is 17.6.